The van der Waals surface area contributed by atoms with E-state index in [4.69, 9.17) is 14.9 Å². The summed E-state index contributed by atoms with van der Waals surface area (Å²) in [6.45, 7) is 2.00. The number of hydrogen-bond acceptors (Lipinski definition) is 5. The topological polar surface area (TPSA) is 106 Å². The van der Waals surface area contributed by atoms with Gasteiger partial charge in [-0.3, -0.25) is 0 Å². The van der Waals surface area contributed by atoms with Gasteiger partial charge in [0.15, 0.2) is 11.1 Å². The summed E-state index contributed by atoms with van der Waals surface area (Å²) >= 11 is -2.34. The zero-order valence-corrected chi connectivity index (χ0v) is 10.4. The van der Waals surface area contributed by atoms with Gasteiger partial charge in [-0.25, -0.2) is 4.21 Å². The monoisotopic (exact) mass is 263 g/mol. The third kappa shape index (κ3) is 3.36. The summed E-state index contributed by atoms with van der Waals surface area (Å²) < 4.78 is 29.6. The zero-order valence-electron chi connectivity index (χ0n) is 9.54. The second kappa shape index (κ2) is 6.27. The molecule has 17 heavy (non-hydrogen) atoms. The van der Waals surface area contributed by atoms with E-state index in [1.165, 1.54) is 6.26 Å². The Morgan fingerprint density at radius 3 is 2.82 bits per heavy atom. The Balaban J connectivity index is 2.93. The van der Waals surface area contributed by atoms with Gasteiger partial charge < -0.3 is 24.5 Å². The van der Waals surface area contributed by atoms with Gasteiger partial charge in [0, 0.05) is 13.0 Å². The fraction of sp³-hybridized carbons (Fsp3) is 0.600. The highest BCUT2D eigenvalue weighted by Crippen LogP contribution is 2.23. The maximum atomic E-state index is 11.4. The van der Waals surface area contributed by atoms with Crippen LogP contribution in [0.15, 0.2) is 22.8 Å². The fourth-order valence-corrected chi connectivity index (χ4v) is 2.10. The molecular weight excluding hydrogens is 246 g/mol. The maximum absolute atomic E-state index is 11.4. The van der Waals surface area contributed by atoms with Crippen molar-refractivity contribution in [2.24, 2.45) is 5.73 Å². The molecule has 1 heterocycles. The average Bonchev–Trinajstić information content (AvgIpc) is 2.75. The first kappa shape index (κ1) is 14.3. The number of furan rings is 1. The van der Waals surface area contributed by atoms with Gasteiger partial charge in [-0.05, 0) is 19.1 Å². The molecule has 1 aromatic heterocycles. The highest BCUT2D eigenvalue weighted by atomic mass is 32.2. The van der Waals surface area contributed by atoms with Crippen molar-refractivity contribution in [1.82, 2.24) is 0 Å². The van der Waals surface area contributed by atoms with E-state index < -0.39 is 22.1 Å². The molecule has 0 bridgehead atoms. The van der Waals surface area contributed by atoms with E-state index in [0.717, 1.165) is 0 Å². The molecule has 1 rings (SSSR count). The number of ether oxygens (including phenoxy) is 1. The molecule has 1 aromatic rings. The van der Waals surface area contributed by atoms with E-state index in [-0.39, 0.29) is 13.0 Å². The first-order valence-corrected chi connectivity index (χ1v) is 6.28. The molecule has 0 amide bonds. The van der Waals surface area contributed by atoms with E-state index in [1.807, 2.05) is 0 Å². The fourth-order valence-electron chi connectivity index (χ4n) is 1.44. The van der Waals surface area contributed by atoms with Crippen molar-refractivity contribution >= 4 is 11.1 Å². The van der Waals surface area contributed by atoms with E-state index in [0.29, 0.717) is 12.4 Å². The van der Waals surface area contributed by atoms with Crippen LogP contribution in [0.2, 0.25) is 0 Å². The van der Waals surface area contributed by atoms with Gasteiger partial charge in [-0.15, -0.1) is 0 Å². The summed E-state index contributed by atoms with van der Waals surface area (Å²) in [7, 11) is 0. The number of rotatable bonds is 7. The van der Waals surface area contributed by atoms with Crippen molar-refractivity contribution in [2.45, 2.75) is 24.3 Å². The van der Waals surface area contributed by atoms with Crippen molar-refractivity contribution in [3.8, 4) is 0 Å². The van der Waals surface area contributed by atoms with E-state index in [9.17, 15) is 13.9 Å². The molecule has 0 aliphatic rings. The second-order valence-electron chi connectivity index (χ2n) is 3.65. The van der Waals surface area contributed by atoms with Gasteiger partial charge in [0.1, 0.15) is 16.7 Å². The molecule has 0 spiro atoms. The minimum absolute atomic E-state index is 0.0285. The SMILES string of the molecule is CCOC[C@@](Cc1ccco1)([C@H](N)O)S(=O)O. The van der Waals surface area contributed by atoms with Gasteiger partial charge in [-0.2, -0.15) is 0 Å². The quantitative estimate of drug-likeness (QED) is 0.476. The normalized spacial score (nSPS) is 18.6. The van der Waals surface area contributed by atoms with Crippen molar-refractivity contribution in [3.63, 3.8) is 0 Å². The summed E-state index contributed by atoms with van der Waals surface area (Å²) in [5.74, 6) is 0.469. The van der Waals surface area contributed by atoms with Crippen molar-refractivity contribution < 1.29 is 23.0 Å². The molecule has 0 fully saturated rings. The Labute approximate surface area is 102 Å². The molecule has 0 aliphatic carbocycles. The molecule has 4 N–H and O–H groups in total. The summed E-state index contributed by atoms with van der Waals surface area (Å²) in [4.78, 5) is 0. The second-order valence-corrected chi connectivity index (χ2v) is 4.96. The number of nitrogens with two attached hydrogens (primary N) is 1. The van der Waals surface area contributed by atoms with Gasteiger partial charge in [0.25, 0.3) is 0 Å². The molecule has 0 radical (unpaired) electrons. The molecule has 0 saturated heterocycles. The van der Waals surface area contributed by atoms with Crippen LogP contribution in [-0.4, -0.2) is 38.1 Å². The van der Waals surface area contributed by atoms with Gasteiger partial charge in [0.05, 0.1) is 12.9 Å². The smallest absolute Gasteiger partial charge is 0.166 e. The van der Waals surface area contributed by atoms with Crippen molar-refractivity contribution in [1.29, 1.82) is 0 Å². The Morgan fingerprint density at radius 1 is 1.71 bits per heavy atom. The van der Waals surface area contributed by atoms with Crippen LogP contribution in [0.5, 0.6) is 0 Å². The summed E-state index contributed by atoms with van der Waals surface area (Å²) in [6.07, 6.45) is -0.00457. The molecule has 0 saturated carbocycles. The van der Waals surface area contributed by atoms with Crippen molar-refractivity contribution in [2.75, 3.05) is 13.2 Å². The molecule has 0 aliphatic heterocycles. The predicted octanol–water partition coefficient (Wildman–Crippen LogP) is 0.0962. The number of hydrogen-bond donors (Lipinski definition) is 3. The number of aliphatic hydroxyl groups excluding tert-OH is 1. The summed E-state index contributed by atoms with van der Waals surface area (Å²) in [5.41, 5.74) is 5.41. The first-order chi connectivity index (χ1) is 8.03. The van der Waals surface area contributed by atoms with Crippen LogP contribution in [0.4, 0.5) is 0 Å². The first-order valence-electron chi connectivity index (χ1n) is 5.17. The molecular formula is C10H17NO5S. The lowest BCUT2D eigenvalue weighted by atomic mass is 10.0. The lowest BCUT2D eigenvalue weighted by molar-refractivity contribution is 0.0473. The molecule has 1 unspecified atom stereocenters. The molecule has 98 valence electrons. The predicted molar refractivity (Wildman–Crippen MR) is 62.6 cm³/mol. The largest absolute Gasteiger partial charge is 0.469 e. The van der Waals surface area contributed by atoms with E-state index in [1.54, 1.807) is 19.1 Å². The van der Waals surface area contributed by atoms with Crippen molar-refractivity contribution in [3.05, 3.63) is 24.2 Å². The molecule has 6 nitrogen and oxygen atoms in total. The maximum Gasteiger partial charge on any atom is 0.166 e. The van der Waals surface area contributed by atoms with Crippen LogP contribution >= 0.6 is 0 Å². The third-order valence-electron chi connectivity index (χ3n) is 2.49. The highest BCUT2D eigenvalue weighted by molar-refractivity contribution is 7.80. The third-order valence-corrected chi connectivity index (χ3v) is 3.69. The van der Waals surface area contributed by atoms with Crippen LogP contribution in [0.25, 0.3) is 0 Å². The lowest BCUT2D eigenvalue weighted by Crippen LogP contribution is -2.56. The molecule has 3 atom stereocenters. The standard InChI is InChI=1S/C10H17NO5S/c1-2-15-7-10(9(11)12,17(13)14)6-8-4-3-5-16-8/h3-5,9,12H,2,6-7,11H2,1H3,(H,13,14)/t9-,10+/m1/s1. The Hall–Kier alpha value is -0.730. The summed E-state index contributed by atoms with van der Waals surface area (Å²) in [6, 6.07) is 3.31. The Kier molecular flexibility index (Phi) is 5.29. The van der Waals surface area contributed by atoms with Crippen LogP contribution in [0.3, 0.4) is 0 Å². The lowest BCUT2D eigenvalue weighted by Gasteiger charge is -2.31. The summed E-state index contributed by atoms with van der Waals surface area (Å²) in [5, 5.41) is 9.56. The zero-order chi connectivity index (χ0) is 12.9. The molecule has 7 heteroatoms. The van der Waals surface area contributed by atoms with E-state index >= 15 is 0 Å². The van der Waals surface area contributed by atoms with Crippen LogP contribution in [0.1, 0.15) is 12.7 Å². The Morgan fingerprint density at radius 2 is 2.41 bits per heavy atom. The van der Waals surface area contributed by atoms with Crippen LogP contribution in [0, 0.1) is 0 Å². The Bertz CT molecular complexity index is 354. The average molecular weight is 263 g/mol. The minimum Gasteiger partial charge on any atom is -0.469 e. The van der Waals surface area contributed by atoms with Gasteiger partial charge >= 0.3 is 0 Å². The molecule has 0 aromatic carbocycles. The van der Waals surface area contributed by atoms with Gasteiger partial charge in [-0.1, -0.05) is 0 Å². The van der Waals surface area contributed by atoms with E-state index in [2.05, 4.69) is 0 Å². The van der Waals surface area contributed by atoms with Crippen LogP contribution < -0.4 is 5.73 Å². The number of aliphatic hydroxyl groups is 1. The highest BCUT2D eigenvalue weighted by Gasteiger charge is 2.43. The van der Waals surface area contributed by atoms with Gasteiger partial charge in [0.2, 0.25) is 0 Å². The van der Waals surface area contributed by atoms with Crippen LogP contribution in [-0.2, 0) is 22.2 Å². The minimum atomic E-state index is -2.34.